The van der Waals surface area contributed by atoms with Crippen molar-refractivity contribution in [2.24, 2.45) is 5.92 Å². The van der Waals surface area contributed by atoms with Crippen LogP contribution in [-0.4, -0.2) is 41.3 Å². The summed E-state index contributed by atoms with van der Waals surface area (Å²) in [6, 6.07) is 7.49. The number of rotatable bonds is 6. The van der Waals surface area contributed by atoms with Crippen molar-refractivity contribution < 1.29 is 9.59 Å². The summed E-state index contributed by atoms with van der Waals surface area (Å²) in [5.41, 5.74) is 1.84. The van der Waals surface area contributed by atoms with E-state index >= 15 is 0 Å². The Hall–Kier alpha value is -1.96. The molecule has 2 amide bonds. The van der Waals surface area contributed by atoms with Crippen LogP contribution in [-0.2, 0) is 16.1 Å². The molecule has 8 heteroatoms. The normalized spacial score (nSPS) is 17.3. The van der Waals surface area contributed by atoms with Crippen LogP contribution in [0, 0.1) is 19.8 Å². The van der Waals surface area contributed by atoms with Crippen LogP contribution >= 0.6 is 22.9 Å². The SMILES string of the molecule is Cc1nc(NC(=O)CN2CCCC(C(=O)NCc3ccccc3Cl)C2)sc1C. The maximum absolute atomic E-state index is 12.6. The third-order valence-corrected chi connectivity index (χ3v) is 6.29. The lowest BCUT2D eigenvalue weighted by Crippen LogP contribution is -2.45. The summed E-state index contributed by atoms with van der Waals surface area (Å²) in [6.07, 6.45) is 1.73. The fourth-order valence-corrected chi connectivity index (χ4v) is 4.30. The molecular weight excluding hydrogens is 396 g/mol. The second-order valence-electron chi connectivity index (χ2n) is 7.09. The van der Waals surface area contributed by atoms with Crippen LogP contribution in [0.15, 0.2) is 24.3 Å². The number of nitrogens with zero attached hydrogens (tertiary/aromatic N) is 2. The molecular formula is C20H25ClN4O2S. The molecule has 2 N–H and O–H groups in total. The number of hydrogen-bond donors (Lipinski definition) is 2. The molecule has 28 heavy (non-hydrogen) atoms. The molecule has 2 aromatic rings. The monoisotopic (exact) mass is 420 g/mol. The van der Waals surface area contributed by atoms with Gasteiger partial charge < -0.3 is 10.6 Å². The van der Waals surface area contributed by atoms with Crippen LogP contribution in [0.4, 0.5) is 5.13 Å². The number of hydrogen-bond acceptors (Lipinski definition) is 5. The van der Waals surface area contributed by atoms with E-state index in [0.717, 1.165) is 35.5 Å². The first kappa shape index (κ1) is 20.8. The summed E-state index contributed by atoms with van der Waals surface area (Å²) in [5, 5.41) is 7.11. The number of carbonyl (C=O) groups is 2. The molecule has 1 saturated heterocycles. The Morgan fingerprint density at radius 3 is 2.82 bits per heavy atom. The highest BCUT2D eigenvalue weighted by molar-refractivity contribution is 7.15. The summed E-state index contributed by atoms with van der Waals surface area (Å²) in [7, 11) is 0. The van der Waals surface area contributed by atoms with E-state index in [1.165, 1.54) is 11.3 Å². The van der Waals surface area contributed by atoms with Crippen LogP contribution < -0.4 is 10.6 Å². The molecule has 150 valence electrons. The fourth-order valence-electron chi connectivity index (χ4n) is 3.27. The number of thiazole rings is 1. The molecule has 6 nitrogen and oxygen atoms in total. The summed E-state index contributed by atoms with van der Waals surface area (Å²) in [4.78, 5) is 32.4. The first-order valence-corrected chi connectivity index (χ1v) is 10.6. The summed E-state index contributed by atoms with van der Waals surface area (Å²) < 4.78 is 0. The Balaban J connectivity index is 1.48. The van der Waals surface area contributed by atoms with Crippen molar-refractivity contribution in [3.8, 4) is 0 Å². The highest BCUT2D eigenvalue weighted by atomic mass is 35.5. The standard InChI is InChI=1S/C20H25ClN4O2S/c1-13-14(2)28-20(23-13)24-18(26)12-25-9-5-7-16(11-25)19(27)22-10-15-6-3-4-8-17(15)21/h3-4,6,8,16H,5,7,9-12H2,1-2H3,(H,22,27)(H,23,24,26). The number of halogens is 1. The zero-order valence-corrected chi connectivity index (χ0v) is 17.7. The average molecular weight is 421 g/mol. The molecule has 1 aromatic carbocycles. The van der Waals surface area contributed by atoms with Gasteiger partial charge in [0.05, 0.1) is 18.2 Å². The number of nitrogens with one attached hydrogen (secondary N) is 2. The molecule has 0 saturated carbocycles. The van der Waals surface area contributed by atoms with Gasteiger partial charge in [0.25, 0.3) is 0 Å². The molecule has 1 aliphatic rings. The number of anilines is 1. The van der Waals surface area contributed by atoms with Gasteiger partial charge in [-0.3, -0.25) is 14.5 Å². The summed E-state index contributed by atoms with van der Waals surface area (Å²) in [6.45, 7) is 6.00. The van der Waals surface area contributed by atoms with Gasteiger partial charge in [0.15, 0.2) is 5.13 Å². The number of piperidine rings is 1. The topological polar surface area (TPSA) is 74.3 Å². The van der Waals surface area contributed by atoms with Crippen molar-refractivity contribution in [1.29, 1.82) is 0 Å². The predicted octanol–water partition coefficient (Wildman–Crippen LogP) is 3.38. The van der Waals surface area contributed by atoms with E-state index in [1.807, 2.05) is 43.0 Å². The number of likely N-dealkylation sites (tertiary alicyclic amines) is 1. The maximum Gasteiger partial charge on any atom is 0.240 e. The van der Waals surface area contributed by atoms with Crippen molar-refractivity contribution >= 4 is 39.9 Å². The predicted molar refractivity (Wildman–Crippen MR) is 113 cm³/mol. The molecule has 0 spiro atoms. The van der Waals surface area contributed by atoms with Gasteiger partial charge in [-0.15, -0.1) is 11.3 Å². The minimum atomic E-state index is -0.117. The molecule has 0 aliphatic carbocycles. The number of aromatic nitrogens is 1. The van der Waals surface area contributed by atoms with Crippen molar-refractivity contribution in [3.05, 3.63) is 45.4 Å². The Bertz CT molecular complexity index is 835. The number of benzene rings is 1. The van der Waals surface area contributed by atoms with E-state index < -0.39 is 0 Å². The lowest BCUT2D eigenvalue weighted by Gasteiger charge is -2.31. The highest BCUT2D eigenvalue weighted by Gasteiger charge is 2.27. The van der Waals surface area contributed by atoms with Crippen LogP contribution in [0.25, 0.3) is 0 Å². The molecule has 1 atom stereocenters. The third kappa shape index (κ3) is 5.53. The first-order chi connectivity index (χ1) is 13.4. The molecule has 3 rings (SSSR count). The van der Waals surface area contributed by atoms with Gasteiger partial charge >= 0.3 is 0 Å². The van der Waals surface area contributed by atoms with Crippen LogP contribution in [0.2, 0.25) is 5.02 Å². The second-order valence-corrected chi connectivity index (χ2v) is 8.70. The highest BCUT2D eigenvalue weighted by Crippen LogP contribution is 2.22. The number of carbonyl (C=O) groups excluding carboxylic acids is 2. The van der Waals surface area contributed by atoms with Gasteiger partial charge in [-0.1, -0.05) is 29.8 Å². The van der Waals surface area contributed by atoms with Gasteiger partial charge in [0.1, 0.15) is 0 Å². The molecule has 1 fully saturated rings. The van der Waals surface area contributed by atoms with Crippen molar-refractivity contribution in [2.45, 2.75) is 33.2 Å². The van der Waals surface area contributed by atoms with Gasteiger partial charge in [-0.05, 0) is 44.9 Å². The van der Waals surface area contributed by atoms with Crippen LogP contribution in [0.1, 0.15) is 29.0 Å². The van der Waals surface area contributed by atoms with Crippen LogP contribution in [0.5, 0.6) is 0 Å². The summed E-state index contributed by atoms with van der Waals surface area (Å²) in [5.74, 6) is -0.199. The van der Waals surface area contributed by atoms with E-state index in [-0.39, 0.29) is 24.3 Å². The van der Waals surface area contributed by atoms with Gasteiger partial charge in [-0.25, -0.2) is 4.98 Å². The first-order valence-electron chi connectivity index (χ1n) is 9.39. The zero-order valence-electron chi connectivity index (χ0n) is 16.1. The quantitative estimate of drug-likeness (QED) is 0.751. The minimum Gasteiger partial charge on any atom is -0.352 e. The zero-order chi connectivity index (χ0) is 20.1. The number of aryl methyl sites for hydroxylation is 2. The Morgan fingerprint density at radius 2 is 2.11 bits per heavy atom. The van der Waals surface area contributed by atoms with Gasteiger partial charge in [0, 0.05) is 23.0 Å². The molecule has 2 heterocycles. The van der Waals surface area contributed by atoms with Crippen LogP contribution in [0.3, 0.4) is 0 Å². The average Bonchev–Trinajstić information content (AvgIpc) is 2.98. The maximum atomic E-state index is 12.6. The molecule has 1 aromatic heterocycles. The molecule has 0 bridgehead atoms. The van der Waals surface area contributed by atoms with Crippen molar-refractivity contribution in [1.82, 2.24) is 15.2 Å². The molecule has 1 aliphatic heterocycles. The molecule has 1 unspecified atom stereocenters. The molecule has 0 radical (unpaired) electrons. The second kappa shape index (κ2) is 9.49. The Kier molecular flexibility index (Phi) is 7.04. The van der Waals surface area contributed by atoms with Gasteiger partial charge in [-0.2, -0.15) is 0 Å². The number of amides is 2. The van der Waals surface area contributed by atoms with Crippen molar-refractivity contribution in [2.75, 3.05) is 25.0 Å². The van der Waals surface area contributed by atoms with E-state index in [1.54, 1.807) is 0 Å². The Morgan fingerprint density at radius 1 is 1.32 bits per heavy atom. The van der Waals surface area contributed by atoms with E-state index in [9.17, 15) is 9.59 Å². The van der Waals surface area contributed by atoms with E-state index in [0.29, 0.717) is 23.2 Å². The third-order valence-electron chi connectivity index (χ3n) is 4.93. The van der Waals surface area contributed by atoms with Crippen molar-refractivity contribution in [3.63, 3.8) is 0 Å². The largest absolute Gasteiger partial charge is 0.352 e. The Labute approximate surface area is 174 Å². The van der Waals surface area contributed by atoms with E-state index in [4.69, 9.17) is 11.6 Å². The van der Waals surface area contributed by atoms with E-state index in [2.05, 4.69) is 15.6 Å². The lowest BCUT2D eigenvalue weighted by molar-refractivity contribution is -0.128. The lowest BCUT2D eigenvalue weighted by atomic mass is 9.97. The fraction of sp³-hybridized carbons (Fsp3) is 0.450. The van der Waals surface area contributed by atoms with Gasteiger partial charge in [0.2, 0.25) is 11.8 Å². The smallest absolute Gasteiger partial charge is 0.240 e. The minimum absolute atomic E-state index is 0.0104. The summed E-state index contributed by atoms with van der Waals surface area (Å²) >= 11 is 7.62.